The third-order valence-electron chi connectivity index (χ3n) is 6.32. The minimum atomic E-state index is -0.108. The molecule has 1 aromatic rings. The molecule has 2 fully saturated rings. The monoisotopic (exact) mass is 356 g/mol. The first-order chi connectivity index (χ1) is 12.4. The van der Waals surface area contributed by atoms with E-state index in [1.807, 2.05) is 18.7 Å². The van der Waals surface area contributed by atoms with Crippen LogP contribution < -0.4 is 5.32 Å². The number of likely N-dealkylation sites (tertiary alicyclic amines) is 1. The van der Waals surface area contributed by atoms with Gasteiger partial charge in [-0.2, -0.15) is 0 Å². The topological polar surface area (TPSA) is 49.4 Å². The van der Waals surface area contributed by atoms with Crippen molar-refractivity contribution in [3.05, 3.63) is 35.4 Å². The van der Waals surface area contributed by atoms with E-state index in [9.17, 15) is 9.59 Å². The van der Waals surface area contributed by atoms with Gasteiger partial charge in [0.25, 0.3) is 0 Å². The molecule has 0 bridgehead atoms. The molecular weight excluding hydrogens is 324 g/mol. The van der Waals surface area contributed by atoms with Crippen molar-refractivity contribution < 1.29 is 9.59 Å². The predicted octanol–water partition coefficient (Wildman–Crippen LogP) is 3.46. The van der Waals surface area contributed by atoms with E-state index >= 15 is 0 Å². The number of nitrogens with zero attached hydrogens (tertiary/aromatic N) is 1. The number of carbonyl (C=O) groups is 2. The molecule has 1 aliphatic heterocycles. The Balaban J connectivity index is 1.64. The Morgan fingerprint density at radius 1 is 1.23 bits per heavy atom. The molecule has 3 rings (SSSR count). The van der Waals surface area contributed by atoms with Gasteiger partial charge in [0.05, 0.1) is 5.92 Å². The van der Waals surface area contributed by atoms with E-state index in [2.05, 4.69) is 43.4 Å². The van der Waals surface area contributed by atoms with Crippen molar-refractivity contribution >= 4 is 11.8 Å². The number of carbonyl (C=O) groups excluding carboxylic acids is 2. The van der Waals surface area contributed by atoms with E-state index in [0.29, 0.717) is 24.8 Å². The molecule has 26 heavy (non-hydrogen) atoms. The fourth-order valence-electron chi connectivity index (χ4n) is 4.32. The van der Waals surface area contributed by atoms with Crippen LogP contribution in [0.15, 0.2) is 24.3 Å². The molecule has 3 atom stereocenters. The SMILES string of the molecule is CCC(=O)NCC(CC)C(=O)N1CC2CC2(c2ccc(C(C)C)cc2)C1. The molecule has 2 amide bonds. The quantitative estimate of drug-likeness (QED) is 0.813. The summed E-state index contributed by atoms with van der Waals surface area (Å²) >= 11 is 0. The smallest absolute Gasteiger partial charge is 0.227 e. The first-order valence-corrected chi connectivity index (χ1v) is 10.1. The highest BCUT2D eigenvalue weighted by atomic mass is 16.2. The van der Waals surface area contributed by atoms with Gasteiger partial charge in [-0.1, -0.05) is 52.0 Å². The molecule has 0 spiro atoms. The Morgan fingerprint density at radius 3 is 2.50 bits per heavy atom. The molecule has 0 radical (unpaired) electrons. The zero-order valence-electron chi connectivity index (χ0n) is 16.5. The van der Waals surface area contributed by atoms with Crippen molar-refractivity contribution in [3.8, 4) is 0 Å². The largest absolute Gasteiger partial charge is 0.355 e. The Labute approximate surface area is 157 Å². The lowest BCUT2D eigenvalue weighted by Crippen LogP contribution is -2.42. The standard InChI is InChI=1S/C22H32N2O2/c1-5-16(12-23-20(25)6-2)21(26)24-13-19-11-22(19,14-24)18-9-7-17(8-10-18)15(3)4/h7-10,15-16,19H,5-6,11-14H2,1-4H3,(H,23,25). The summed E-state index contributed by atoms with van der Waals surface area (Å²) in [6, 6.07) is 9.01. The lowest BCUT2D eigenvalue weighted by molar-refractivity contribution is -0.135. The maximum Gasteiger partial charge on any atom is 0.227 e. The normalized spacial score (nSPS) is 25.1. The predicted molar refractivity (Wildman–Crippen MR) is 104 cm³/mol. The Hall–Kier alpha value is -1.84. The number of amides is 2. The van der Waals surface area contributed by atoms with Gasteiger partial charge in [-0.3, -0.25) is 9.59 Å². The number of fused-ring (bicyclic) bond motifs is 1. The highest BCUT2D eigenvalue weighted by molar-refractivity contribution is 5.81. The van der Waals surface area contributed by atoms with E-state index in [0.717, 1.165) is 19.5 Å². The lowest BCUT2D eigenvalue weighted by atomic mass is 9.92. The molecule has 2 aliphatic rings. The highest BCUT2D eigenvalue weighted by Gasteiger charge is 2.61. The Bertz CT molecular complexity index is 667. The van der Waals surface area contributed by atoms with Crippen LogP contribution in [0.2, 0.25) is 0 Å². The van der Waals surface area contributed by atoms with Crippen LogP contribution in [0.25, 0.3) is 0 Å². The molecule has 1 N–H and O–H groups in total. The first kappa shape index (κ1) is 18.9. The summed E-state index contributed by atoms with van der Waals surface area (Å²) in [5.74, 6) is 1.25. The number of piperidine rings is 1. The molecular formula is C22H32N2O2. The second-order valence-electron chi connectivity index (χ2n) is 8.32. The van der Waals surface area contributed by atoms with Gasteiger partial charge in [-0.05, 0) is 35.8 Å². The van der Waals surface area contributed by atoms with Gasteiger partial charge in [-0.15, -0.1) is 0 Å². The first-order valence-electron chi connectivity index (χ1n) is 10.1. The zero-order valence-corrected chi connectivity index (χ0v) is 16.5. The second-order valence-corrected chi connectivity index (χ2v) is 8.32. The summed E-state index contributed by atoms with van der Waals surface area (Å²) in [5, 5.41) is 2.88. The maximum atomic E-state index is 12.9. The van der Waals surface area contributed by atoms with Crippen molar-refractivity contribution in [2.45, 2.75) is 58.3 Å². The van der Waals surface area contributed by atoms with Gasteiger partial charge in [0.1, 0.15) is 0 Å². The average molecular weight is 357 g/mol. The summed E-state index contributed by atoms with van der Waals surface area (Å²) in [4.78, 5) is 26.5. The summed E-state index contributed by atoms with van der Waals surface area (Å²) in [5.41, 5.74) is 2.93. The van der Waals surface area contributed by atoms with Crippen molar-refractivity contribution in [2.75, 3.05) is 19.6 Å². The number of benzene rings is 1. The van der Waals surface area contributed by atoms with Crippen LogP contribution in [0.1, 0.15) is 64.0 Å². The summed E-state index contributed by atoms with van der Waals surface area (Å²) < 4.78 is 0. The Kier molecular flexibility index (Phi) is 5.40. The number of nitrogens with one attached hydrogen (secondary N) is 1. The van der Waals surface area contributed by atoms with Gasteiger partial charge in [0, 0.05) is 31.5 Å². The minimum Gasteiger partial charge on any atom is -0.355 e. The van der Waals surface area contributed by atoms with Gasteiger partial charge < -0.3 is 10.2 Å². The lowest BCUT2D eigenvalue weighted by Gasteiger charge is -2.26. The van der Waals surface area contributed by atoms with Gasteiger partial charge in [0.2, 0.25) is 11.8 Å². The van der Waals surface area contributed by atoms with Crippen molar-refractivity contribution in [3.63, 3.8) is 0 Å². The van der Waals surface area contributed by atoms with Gasteiger partial charge >= 0.3 is 0 Å². The molecule has 0 aromatic heterocycles. The van der Waals surface area contributed by atoms with Crippen molar-refractivity contribution in [1.29, 1.82) is 0 Å². The molecule has 1 heterocycles. The van der Waals surface area contributed by atoms with Gasteiger partial charge in [-0.25, -0.2) is 0 Å². The minimum absolute atomic E-state index is 0.0160. The third-order valence-corrected chi connectivity index (χ3v) is 6.32. The number of hydrogen-bond acceptors (Lipinski definition) is 2. The average Bonchev–Trinajstić information content (AvgIpc) is 3.23. The van der Waals surface area contributed by atoms with Crippen LogP contribution in [0.3, 0.4) is 0 Å². The van der Waals surface area contributed by atoms with E-state index in [1.54, 1.807) is 0 Å². The van der Waals surface area contributed by atoms with Crippen LogP contribution in [-0.2, 0) is 15.0 Å². The molecule has 1 saturated heterocycles. The molecule has 4 nitrogen and oxygen atoms in total. The van der Waals surface area contributed by atoms with Crippen molar-refractivity contribution in [1.82, 2.24) is 10.2 Å². The zero-order chi connectivity index (χ0) is 18.9. The van der Waals surface area contributed by atoms with Gasteiger partial charge in [0.15, 0.2) is 0 Å². The number of rotatable bonds is 7. The van der Waals surface area contributed by atoms with E-state index in [1.165, 1.54) is 17.5 Å². The van der Waals surface area contributed by atoms with Crippen molar-refractivity contribution in [2.24, 2.45) is 11.8 Å². The second kappa shape index (κ2) is 7.42. The van der Waals surface area contributed by atoms with Crippen LogP contribution in [0.4, 0.5) is 0 Å². The van der Waals surface area contributed by atoms with Crippen LogP contribution in [-0.4, -0.2) is 36.3 Å². The van der Waals surface area contributed by atoms with Crippen LogP contribution in [0, 0.1) is 11.8 Å². The summed E-state index contributed by atoms with van der Waals surface area (Å²) in [7, 11) is 0. The van der Waals surface area contributed by atoms with Crippen LogP contribution >= 0.6 is 0 Å². The molecule has 1 aliphatic carbocycles. The fraction of sp³-hybridized carbons (Fsp3) is 0.636. The van der Waals surface area contributed by atoms with E-state index < -0.39 is 0 Å². The summed E-state index contributed by atoms with van der Waals surface area (Å²) in [6.07, 6.45) is 2.42. The highest BCUT2D eigenvalue weighted by Crippen LogP contribution is 2.59. The van der Waals surface area contributed by atoms with E-state index in [-0.39, 0.29) is 23.1 Å². The Morgan fingerprint density at radius 2 is 1.92 bits per heavy atom. The molecule has 1 aromatic carbocycles. The summed E-state index contributed by atoms with van der Waals surface area (Å²) in [6.45, 7) is 10.4. The molecule has 4 heteroatoms. The van der Waals surface area contributed by atoms with Crippen LogP contribution in [0.5, 0.6) is 0 Å². The fourth-order valence-corrected chi connectivity index (χ4v) is 4.32. The maximum absolute atomic E-state index is 12.9. The molecule has 1 saturated carbocycles. The van der Waals surface area contributed by atoms with E-state index in [4.69, 9.17) is 0 Å². The number of hydrogen-bond donors (Lipinski definition) is 1. The molecule has 3 unspecified atom stereocenters. The molecule has 142 valence electrons. The third kappa shape index (κ3) is 3.51.